The van der Waals surface area contributed by atoms with Gasteiger partial charge in [-0.15, -0.1) is 0 Å². The summed E-state index contributed by atoms with van der Waals surface area (Å²) in [4.78, 5) is 27.8. The predicted octanol–water partition coefficient (Wildman–Crippen LogP) is 3.73. The first-order chi connectivity index (χ1) is 12.8. The highest BCUT2D eigenvalue weighted by Crippen LogP contribution is 2.34. The monoisotopic (exact) mass is 370 g/mol. The summed E-state index contributed by atoms with van der Waals surface area (Å²) in [7, 11) is 0. The maximum atomic E-state index is 12.9. The predicted molar refractivity (Wildman–Crippen MR) is 103 cm³/mol. The number of carbonyl (C=O) groups excluding carboxylic acids is 2. The molecule has 0 saturated heterocycles. The molecule has 27 heavy (non-hydrogen) atoms. The standard InChI is InChI=1S/C21H26N2O4/c1-11(2)19(15-6-7-16-17(10-15)27-9-8-26-16)23-21(25)20-12(3)18(14(5)24)13(4)22-20/h6-7,10-11,19,22H,8-9H2,1-5H3,(H,23,25). The normalized spacial score (nSPS) is 14.1. The van der Waals surface area contributed by atoms with Crippen molar-refractivity contribution >= 4 is 11.7 Å². The van der Waals surface area contributed by atoms with Crippen molar-refractivity contribution in [3.05, 3.63) is 46.3 Å². The molecule has 1 aliphatic heterocycles. The molecule has 2 aromatic rings. The smallest absolute Gasteiger partial charge is 0.268 e. The van der Waals surface area contributed by atoms with E-state index in [4.69, 9.17) is 9.47 Å². The number of hydrogen-bond acceptors (Lipinski definition) is 4. The fourth-order valence-electron chi connectivity index (χ4n) is 3.61. The number of aryl methyl sites for hydroxylation is 1. The molecule has 0 radical (unpaired) electrons. The largest absolute Gasteiger partial charge is 0.486 e. The van der Waals surface area contributed by atoms with Gasteiger partial charge in [-0.3, -0.25) is 9.59 Å². The first-order valence-corrected chi connectivity index (χ1v) is 9.20. The Morgan fingerprint density at radius 2 is 1.78 bits per heavy atom. The minimum atomic E-state index is -0.225. The second-order valence-corrected chi connectivity index (χ2v) is 7.28. The molecule has 0 saturated carbocycles. The van der Waals surface area contributed by atoms with E-state index < -0.39 is 0 Å². The van der Waals surface area contributed by atoms with Crippen LogP contribution in [0, 0.1) is 19.8 Å². The Bertz CT molecular complexity index is 883. The molecule has 3 rings (SSSR count). The van der Waals surface area contributed by atoms with Crippen LogP contribution in [0.25, 0.3) is 0 Å². The number of benzene rings is 1. The Labute approximate surface area is 159 Å². The highest BCUT2D eigenvalue weighted by atomic mass is 16.6. The van der Waals surface area contributed by atoms with Gasteiger partial charge in [-0.2, -0.15) is 0 Å². The zero-order chi connectivity index (χ0) is 19.7. The van der Waals surface area contributed by atoms with Gasteiger partial charge in [0.05, 0.1) is 6.04 Å². The van der Waals surface area contributed by atoms with Gasteiger partial charge in [-0.05, 0) is 49.9 Å². The van der Waals surface area contributed by atoms with E-state index in [1.165, 1.54) is 6.92 Å². The number of hydrogen-bond donors (Lipinski definition) is 2. The van der Waals surface area contributed by atoms with Crippen molar-refractivity contribution in [2.45, 2.75) is 40.7 Å². The summed E-state index contributed by atoms with van der Waals surface area (Å²) in [6, 6.07) is 5.56. The summed E-state index contributed by atoms with van der Waals surface area (Å²) in [5.74, 6) is 1.31. The van der Waals surface area contributed by atoms with Crippen molar-refractivity contribution in [1.29, 1.82) is 0 Å². The van der Waals surface area contributed by atoms with Crippen molar-refractivity contribution in [2.75, 3.05) is 13.2 Å². The second kappa shape index (κ2) is 7.47. The van der Waals surface area contributed by atoms with E-state index in [1.807, 2.05) is 18.2 Å². The third kappa shape index (κ3) is 3.70. The minimum Gasteiger partial charge on any atom is -0.486 e. The Morgan fingerprint density at radius 3 is 2.37 bits per heavy atom. The number of fused-ring (bicyclic) bond motifs is 1. The van der Waals surface area contributed by atoms with Crippen LogP contribution in [0.15, 0.2) is 18.2 Å². The molecule has 144 valence electrons. The summed E-state index contributed by atoms with van der Waals surface area (Å²) < 4.78 is 11.2. The summed E-state index contributed by atoms with van der Waals surface area (Å²) in [6.07, 6.45) is 0. The molecule has 0 fully saturated rings. The Morgan fingerprint density at radius 1 is 1.11 bits per heavy atom. The maximum Gasteiger partial charge on any atom is 0.268 e. The van der Waals surface area contributed by atoms with Crippen LogP contribution in [-0.4, -0.2) is 29.9 Å². The summed E-state index contributed by atoms with van der Waals surface area (Å²) in [5.41, 5.74) is 3.37. The number of carbonyl (C=O) groups is 2. The first-order valence-electron chi connectivity index (χ1n) is 9.20. The number of amides is 1. The number of H-pyrrole nitrogens is 1. The van der Waals surface area contributed by atoms with Gasteiger partial charge in [-0.25, -0.2) is 0 Å². The summed E-state index contributed by atoms with van der Waals surface area (Å²) >= 11 is 0. The zero-order valence-electron chi connectivity index (χ0n) is 16.4. The third-order valence-corrected chi connectivity index (χ3v) is 4.90. The van der Waals surface area contributed by atoms with Gasteiger partial charge >= 0.3 is 0 Å². The number of ketones is 1. The summed E-state index contributed by atoms with van der Waals surface area (Å²) in [5, 5.41) is 3.10. The fourth-order valence-corrected chi connectivity index (χ4v) is 3.61. The van der Waals surface area contributed by atoms with E-state index in [9.17, 15) is 9.59 Å². The highest BCUT2D eigenvalue weighted by molar-refractivity contribution is 6.02. The van der Waals surface area contributed by atoms with Crippen LogP contribution in [-0.2, 0) is 0 Å². The number of Topliss-reactive ketones (excluding diaryl/α,β-unsaturated/α-hetero) is 1. The highest BCUT2D eigenvalue weighted by Gasteiger charge is 2.25. The molecular formula is C21H26N2O4. The Kier molecular flexibility index (Phi) is 5.26. The molecule has 1 atom stereocenters. The molecule has 2 heterocycles. The molecular weight excluding hydrogens is 344 g/mol. The molecule has 0 spiro atoms. The molecule has 6 nitrogen and oxygen atoms in total. The van der Waals surface area contributed by atoms with Crippen LogP contribution in [0.3, 0.4) is 0 Å². The van der Waals surface area contributed by atoms with Crippen LogP contribution >= 0.6 is 0 Å². The average molecular weight is 370 g/mol. The first kappa shape index (κ1) is 19.0. The number of ether oxygens (including phenoxy) is 2. The van der Waals surface area contributed by atoms with E-state index in [0.717, 1.165) is 11.3 Å². The molecule has 0 bridgehead atoms. The van der Waals surface area contributed by atoms with Crippen LogP contribution in [0.5, 0.6) is 11.5 Å². The van der Waals surface area contributed by atoms with E-state index in [0.29, 0.717) is 41.5 Å². The Balaban J connectivity index is 1.88. The van der Waals surface area contributed by atoms with Gasteiger partial charge in [0.1, 0.15) is 18.9 Å². The van der Waals surface area contributed by atoms with Crippen LogP contribution < -0.4 is 14.8 Å². The molecule has 1 aromatic heterocycles. The summed E-state index contributed by atoms with van der Waals surface area (Å²) in [6.45, 7) is 10.3. The lowest BCUT2D eigenvalue weighted by Crippen LogP contribution is -2.32. The van der Waals surface area contributed by atoms with Crippen LogP contribution in [0.1, 0.15) is 64.5 Å². The van der Waals surface area contributed by atoms with Gasteiger partial charge in [0.25, 0.3) is 5.91 Å². The van der Waals surface area contributed by atoms with E-state index >= 15 is 0 Å². The number of aromatic amines is 1. The lowest BCUT2D eigenvalue weighted by Gasteiger charge is -2.25. The van der Waals surface area contributed by atoms with Gasteiger partial charge in [0.15, 0.2) is 17.3 Å². The topological polar surface area (TPSA) is 80.4 Å². The van der Waals surface area contributed by atoms with E-state index in [2.05, 4.69) is 24.1 Å². The number of nitrogens with one attached hydrogen (secondary N) is 2. The fraction of sp³-hybridized carbons (Fsp3) is 0.429. The lowest BCUT2D eigenvalue weighted by atomic mass is 9.95. The second-order valence-electron chi connectivity index (χ2n) is 7.28. The van der Waals surface area contributed by atoms with Crippen LogP contribution in [0.4, 0.5) is 0 Å². The molecule has 1 unspecified atom stereocenters. The van der Waals surface area contributed by atoms with Crippen molar-refractivity contribution in [1.82, 2.24) is 10.3 Å². The Hall–Kier alpha value is -2.76. The van der Waals surface area contributed by atoms with Crippen molar-refractivity contribution in [2.24, 2.45) is 5.92 Å². The van der Waals surface area contributed by atoms with E-state index in [1.54, 1.807) is 13.8 Å². The molecule has 6 heteroatoms. The lowest BCUT2D eigenvalue weighted by molar-refractivity contribution is 0.0920. The molecule has 1 aliphatic rings. The van der Waals surface area contributed by atoms with Gasteiger partial charge < -0.3 is 19.8 Å². The van der Waals surface area contributed by atoms with Gasteiger partial charge in [0, 0.05) is 11.3 Å². The SMILES string of the molecule is CC(=O)c1c(C)[nH]c(C(=O)NC(c2ccc3c(c2)OCCO3)C(C)C)c1C. The van der Waals surface area contributed by atoms with Gasteiger partial charge in [-0.1, -0.05) is 19.9 Å². The third-order valence-electron chi connectivity index (χ3n) is 4.90. The minimum absolute atomic E-state index is 0.0486. The molecule has 2 N–H and O–H groups in total. The van der Waals surface area contributed by atoms with Crippen molar-refractivity contribution < 1.29 is 19.1 Å². The van der Waals surface area contributed by atoms with Crippen LogP contribution in [0.2, 0.25) is 0 Å². The van der Waals surface area contributed by atoms with E-state index in [-0.39, 0.29) is 23.7 Å². The number of aromatic nitrogens is 1. The maximum absolute atomic E-state index is 12.9. The quantitative estimate of drug-likeness (QED) is 0.786. The number of rotatable bonds is 5. The molecule has 0 aliphatic carbocycles. The molecule has 1 amide bonds. The molecule has 1 aromatic carbocycles. The van der Waals surface area contributed by atoms with Gasteiger partial charge in [0.2, 0.25) is 0 Å². The van der Waals surface area contributed by atoms with Crippen molar-refractivity contribution in [3.8, 4) is 11.5 Å². The van der Waals surface area contributed by atoms with Crippen molar-refractivity contribution in [3.63, 3.8) is 0 Å². The average Bonchev–Trinajstić information content (AvgIpc) is 2.93. The zero-order valence-corrected chi connectivity index (χ0v) is 16.4.